The molecular formula is C43H42N4OPt. The minimum Gasteiger partial charge on any atom is -0.509 e. The molecule has 3 heterocycles. The number of hydrogen-bond donors (Lipinski definition) is 0. The van der Waals surface area contributed by atoms with Crippen LogP contribution >= 0.6 is 0 Å². The summed E-state index contributed by atoms with van der Waals surface area (Å²) in [6.45, 7) is 15.5. The second kappa shape index (κ2) is 13.8. The molecule has 49 heavy (non-hydrogen) atoms. The van der Waals surface area contributed by atoms with Crippen LogP contribution in [0.4, 0.5) is 0 Å². The van der Waals surface area contributed by atoms with E-state index < -0.39 is 0 Å². The largest absolute Gasteiger partial charge is 2.00 e. The molecule has 0 atom stereocenters. The van der Waals surface area contributed by atoms with Gasteiger partial charge in [-0.2, -0.15) is 11.2 Å². The summed E-state index contributed by atoms with van der Waals surface area (Å²) in [5, 5.41) is 7.08. The number of aromatic nitrogens is 4. The summed E-state index contributed by atoms with van der Waals surface area (Å²) in [6.07, 6.45) is 7.91. The molecule has 0 saturated heterocycles. The monoisotopic (exact) mass is 825 g/mol. The molecule has 0 saturated carbocycles. The number of fused-ring (bicyclic) bond motifs is 3. The fraction of sp³-hybridized carbons (Fsp3) is 0.256. The molecule has 7 rings (SSSR count). The van der Waals surface area contributed by atoms with E-state index in [2.05, 4.69) is 144 Å². The third-order valence-corrected chi connectivity index (χ3v) is 9.26. The zero-order valence-electron chi connectivity index (χ0n) is 29.2. The number of para-hydroxylation sites is 1. The van der Waals surface area contributed by atoms with Crippen LogP contribution in [0, 0.1) is 12.1 Å². The number of aryl methyl sites for hydroxylation is 2. The van der Waals surface area contributed by atoms with Gasteiger partial charge in [0.15, 0.2) is 0 Å². The van der Waals surface area contributed by atoms with Gasteiger partial charge < -0.3 is 9.30 Å². The Balaban J connectivity index is 0.00000417. The van der Waals surface area contributed by atoms with Crippen molar-refractivity contribution >= 4 is 21.8 Å². The normalized spacial score (nSPS) is 11.8. The topological polar surface area (TPSA) is 44.9 Å². The molecule has 5 nitrogen and oxygen atoms in total. The van der Waals surface area contributed by atoms with E-state index >= 15 is 0 Å². The number of hydrogen-bond acceptors (Lipinski definition) is 3. The van der Waals surface area contributed by atoms with Gasteiger partial charge in [-0.1, -0.05) is 90.4 Å². The van der Waals surface area contributed by atoms with E-state index in [1.165, 1.54) is 22.3 Å². The molecular weight excluding hydrogens is 784 g/mol. The Hall–Kier alpha value is -4.47. The van der Waals surface area contributed by atoms with Crippen molar-refractivity contribution in [2.45, 2.75) is 72.6 Å². The van der Waals surface area contributed by atoms with Crippen LogP contribution in [0.15, 0.2) is 97.5 Å². The first-order valence-electron chi connectivity index (χ1n) is 17.0. The van der Waals surface area contributed by atoms with Crippen molar-refractivity contribution in [3.8, 4) is 34.1 Å². The van der Waals surface area contributed by atoms with Gasteiger partial charge in [0.25, 0.3) is 0 Å². The van der Waals surface area contributed by atoms with Crippen molar-refractivity contribution in [3.63, 3.8) is 0 Å². The summed E-state index contributed by atoms with van der Waals surface area (Å²) in [4.78, 5) is 4.79. The maximum absolute atomic E-state index is 6.61. The van der Waals surface area contributed by atoms with E-state index in [1.807, 2.05) is 23.1 Å². The van der Waals surface area contributed by atoms with E-state index in [0.29, 0.717) is 17.4 Å². The van der Waals surface area contributed by atoms with Crippen LogP contribution < -0.4 is 4.74 Å². The molecule has 250 valence electrons. The average Bonchev–Trinajstić information content (AvgIpc) is 3.70. The van der Waals surface area contributed by atoms with Gasteiger partial charge in [0, 0.05) is 35.0 Å². The molecule has 0 spiro atoms. The smallest absolute Gasteiger partial charge is 0.509 e. The predicted octanol–water partition coefficient (Wildman–Crippen LogP) is 11.0. The van der Waals surface area contributed by atoms with E-state index in [0.717, 1.165) is 57.3 Å². The second-order valence-corrected chi connectivity index (χ2v) is 13.8. The minimum absolute atomic E-state index is 0. The van der Waals surface area contributed by atoms with Gasteiger partial charge in [-0.25, -0.2) is 4.98 Å². The molecule has 0 radical (unpaired) electrons. The summed E-state index contributed by atoms with van der Waals surface area (Å²) in [5.41, 5.74) is 10.2. The number of benzene rings is 4. The molecule has 0 aliphatic carbocycles. The number of nitrogens with zero attached hydrogens (tertiary/aromatic N) is 4. The maximum Gasteiger partial charge on any atom is 2.00 e. The molecule has 0 aliphatic rings. The van der Waals surface area contributed by atoms with E-state index in [9.17, 15) is 0 Å². The van der Waals surface area contributed by atoms with Crippen molar-refractivity contribution in [2.24, 2.45) is 0 Å². The summed E-state index contributed by atoms with van der Waals surface area (Å²) in [6, 6.07) is 34.8. The fourth-order valence-corrected chi connectivity index (χ4v) is 6.54. The standard InChI is InChI=1S/C43H42N4O.Pt/c1-8-29-13-12-14-30(9-2)42(29)32-26-45-46(27-32)34-22-33(43(5,6)7)23-36(24-34)48-35-17-18-38-37-15-10-11-16-39(37)47(40(38)25-35)41-21-31(28(3)4)19-20-44-41;/h10-23,26-28H,8-9H2,1-7H3;/q-2;+2. The predicted molar refractivity (Wildman–Crippen MR) is 197 cm³/mol. The summed E-state index contributed by atoms with van der Waals surface area (Å²) < 4.78 is 10.7. The van der Waals surface area contributed by atoms with Gasteiger partial charge in [-0.15, -0.1) is 41.3 Å². The van der Waals surface area contributed by atoms with Crippen LogP contribution in [0.5, 0.6) is 11.5 Å². The first kappa shape index (κ1) is 34.4. The van der Waals surface area contributed by atoms with Crippen LogP contribution in [0.25, 0.3) is 44.4 Å². The fourth-order valence-electron chi connectivity index (χ4n) is 6.54. The molecule has 0 amide bonds. The molecule has 0 aliphatic heterocycles. The number of pyridine rings is 1. The molecule has 4 aromatic carbocycles. The molecule has 0 bridgehead atoms. The van der Waals surface area contributed by atoms with Crippen LogP contribution in [0.1, 0.15) is 76.6 Å². The Morgan fingerprint density at radius 2 is 1.57 bits per heavy atom. The molecule has 0 unspecified atom stereocenters. The third kappa shape index (κ3) is 6.62. The van der Waals surface area contributed by atoms with Gasteiger partial charge >= 0.3 is 21.1 Å². The third-order valence-electron chi connectivity index (χ3n) is 9.26. The Morgan fingerprint density at radius 3 is 2.29 bits per heavy atom. The van der Waals surface area contributed by atoms with E-state index in [-0.39, 0.29) is 26.5 Å². The number of rotatable bonds is 8. The van der Waals surface area contributed by atoms with Crippen LogP contribution in [0.3, 0.4) is 0 Å². The zero-order chi connectivity index (χ0) is 33.6. The van der Waals surface area contributed by atoms with Crippen LogP contribution in [-0.2, 0) is 39.3 Å². The van der Waals surface area contributed by atoms with Crippen molar-refractivity contribution in [2.75, 3.05) is 0 Å². The van der Waals surface area contributed by atoms with Crippen LogP contribution in [-0.4, -0.2) is 19.3 Å². The zero-order valence-corrected chi connectivity index (χ0v) is 31.5. The van der Waals surface area contributed by atoms with Crippen molar-refractivity contribution in [1.82, 2.24) is 19.3 Å². The Morgan fingerprint density at radius 1 is 0.816 bits per heavy atom. The average molecular weight is 826 g/mol. The SMILES string of the molecule is CCc1cccc(CC)c1-c1cnn(-c2[c-]c(Oc3[c-]c4c(cc3)c3ccccc3n4-c3cc(C(C)C)ccn3)cc(C(C)(C)C)c2)c1.[Pt+2]. The minimum atomic E-state index is -0.116. The molecule has 0 fully saturated rings. The summed E-state index contributed by atoms with van der Waals surface area (Å²) >= 11 is 0. The Kier molecular flexibility index (Phi) is 9.69. The first-order chi connectivity index (χ1) is 23.1. The maximum atomic E-state index is 6.61. The molecule has 0 N–H and O–H groups in total. The quantitative estimate of drug-likeness (QED) is 0.143. The van der Waals surface area contributed by atoms with Crippen molar-refractivity contribution in [1.29, 1.82) is 0 Å². The van der Waals surface area contributed by atoms with E-state index in [4.69, 9.17) is 14.8 Å². The number of ether oxygens (including phenoxy) is 1. The molecule has 7 aromatic rings. The Bertz CT molecular complexity index is 2250. The van der Waals surface area contributed by atoms with E-state index in [1.54, 1.807) is 0 Å². The molecule has 6 heteroatoms. The summed E-state index contributed by atoms with van der Waals surface area (Å²) in [7, 11) is 0. The van der Waals surface area contributed by atoms with Crippen molar-refractivity contribution in [3.05, 3.63) is 132 Å². The molecule has 3 aromatic heterocycles. The Labute approximate surface area is 304 Å². The second-order valence-electron chi connectivity index (χ2n) is 13.8. The summed E-state index contributed by atoms with van der Waals surface area (Å²) in [5.74, 6) is 2.50. The first-order valence-corrected chi connectivity index (χ1v) is 17.0. The van der Waals surface area contributed by atoms with Crippen molar-refractivity contribution < 1.29 is 25.8 Å². The van der Waals surface area contributed by atoms with Gasteiger partial charge in [-0.3, -0.25) is 4.68 Å². The van der Waals surface area contributed by atoms with Gasteiger partial charge in [0.2, 0.25) is 0 Å². The van der Waals surface area contributed by atoms with Gasteiger partial charge in [0.05, 0.1) is 6.20 Å². The van der Waals surface area contributed by atoms with Gasteiger partial charge in [0.1, 0.15) is 5.82 Å². The van der Waals surface area contributed by atoms with Gasteiger partial charge in [-0.05, 0) is 75.7 Å². The van der Waals surface area contributed by atoms with Crippen LogP contribution in [0.2, 0.25) is 0 Å².